The second kappa shape index (κ2) is 2.69. The highest BCUT2D eigenvalue weighted by molar-refractivity contribution is 5.63. The molecule has 0 spiro atoms. The molecule has 0 saturated heterocycles. The summed E-state index contributed by atoms with van der Waals surface area (Å²) in [5.41, 5.74) is 1.11. The molecule has 13 heavy (non-hydrogen) atoms. The van der Waals surface area contributed by atoms with Crippen LogP contribution in [-0.4, -0.2) is 15.0 Å². The fraction of sp³-hybridized carbons (Fsp3) is 0.375. The third-order valence-electron chi connectivity index (χ3n) is 1.98. The zero-order valence-electron chi connectivity index (χ0n) is 7.53. The van der Waals surface area contributed by atoms with Crippen molar-refractivity contribution in [3.05, 3.63) is 23.0 Å². The van der Waals surface area contributed by atoms with Gasteiger partial charge in [0.15, 0.2) is 0 Å². The molecule has 0 unspecified atom stereocenters. The van der Waals surface area contributed by atoms with Crippen LogP contribution in [0, 0.1) is 0 Å². The molecule has 0 radical (unpaired) electrons. The first kappa shape index (κ1) is 7.97. The largest absolute Gasteiger partial charge is 0.309 e. The molecular weight excluding hydrogens is 168 g/mol. The minimum atomic E-state index is -0.111. The second-order valence-electron chi connectivity index (χ2n) is 3.20. The molecular formula is C8H11N4O+. The first-order valence-electron chi connectivity index (χ1n) is 4.16. The van der Waals surface area contributed by atoms with Gasteiger partial charge in [-0.1, -0.05) is 0 Å². The van der Waals surface area contributed by atoms with E-state index in [2.05, 4.69) is 15.0 Å². The SMILES string of the molecule is CC(C)[n+]1c[nH]c2nc[nH]c(=O)c21. The quantitative estimate of drug-likeness (QED) is 0.610. The van der Waals surface area contributed by atoms with Gasteiger partial charge in [-0.05, 0) is 13.8 Å². The molecule has 2 N–H and O–H groups in total. The zero-order valence-corrected chi connectivity index (χ0v) is 7.53. The summed E-state index contributed by atoms with van der Waals surface area (Å²) in [6.45, 7) is 4.03. The number of rotatable bonds is 1. The lowest BCUT2D eigenvalue weighted by Gasteiger charge is -1.98. The number of hydrogen-bond donors (Lipinski definition) is 2. The Hall–Kier alpha value is -1.65. The van der Waals surface area contributed by atoms with Crippen LogP contribution in [-0.2, 0) is 0 Å². The van der Waals surface area contributed by atoms with Gasteiger partial charge >= 0.3 is 5.56 Å². The maximum Gasteiger partial charge on any atom is 0.302 e. The van der Waals surface area contributed by atoms with E-state index >= 15 is 0 Å². The van der Waals surface area contributed by atoms with E-state index in [0.29, 0.717) is 11.2 Å². The van der Waals surface area contributed by atoms with Crippen LogP contribution in [0.5, 0.6) is 0 Å². The Labute approximate surface area is 74.4 Å². The highest BCUT2D eigenvalue weighted by atomic mass is 16.1. The van der Waals surface area contributed by atoms with Crippen molar-refractivity contribution in [2.45, 2.75) is 19.9 Å². The van der Waals surface area contributed by atoms with Crippen LogP contribution in [0.25, 0.3) is 11.2 Å². The summed E-state index contributed by atoms with van der Waals surface area (Å²) in [5.74, 6) is 0. The fourth-order valence-electron chi connectivity index (χ4n) is 1.34. The smallest absolute Gasteiger partial charge is 0.302 e. The van der Waals surface area contributed by atoms with Gasteiger partial charge in [-0.25, -0.2) is 9.55 Å². The molecule has 0 amide bonds. The van der Waals surface area contributed by atoms with Crippen LogP contribution < -0.4 is 10.1 Å². The average molecular weight is 179 g/mol. The van der Waals surface area contributed by atoms with Gasteiger partial charge < -0.3 is 4.98 Å². The van der Waals surface area contributed by atoms with E-state index in [4.69, 9.17) is 0 Å². The van der Waals surface area contributed by atoms with Gasteiger partial charge in [0.25, 0.3) is 11.2 Å². The number of H-pyrrole nitrogens is 2. The van der Waals surface area contributed by atoms with Gasteiger partial charge in [0.05, 0.1) is 12.4 Å². The lowest BCUT2D eigenvalue weighted by atomic mass is 10.4. The minimum Gasteiger partial charge on any atom is -0.309 e. The van der Waals surface area contributed by atoms with Crippen LogP contribution in [0.1, 0.15) is 19.9 Å². The summed E-state index contributed by atoms with van der Waals surface area (Å²) in [4.78, 5) is 20.9. The summed E-state index contributed by atoms with van der Waals surface area (Å²) in [6.07, 6.45) is 3.16. The average Bonchev–Trinajstić information content (AvgIpc) is 2.49. The van der Waals surface area contributed by atoms with Crippen molar-refractivity contribution in [3.63, 3.8) is 0 Å². The van der Waals surface area contributed by atoms with Crippen LogP contribution in [0.15, 0.2) is 17.4 Å². The monoisotopic (exact) mass is 179 g/mol. The standard InChI is InChI=1S/C8H10N4O/c1-5(2)12-4-11-7-6(12)8(13)10-3-9-7/h3-5H,1-2H3,(H,9,10,13)/p+1. The number of nitrogens with zero attached hydrogens (tertiary/aromatic N) is 2. The molecule has 0 fully saturated rings. The summed E-state index contributed by atoms with van der Waals surface area (Å²) < 4.78 is 1.86. The molecule has 0 aliphatic heterocycles. The zero-order chi connectivity index (χ0) is 9.42. The fourth-order valence-corrected chi connectivity index (χ4v) is 1.34. The Morgan fingerprint density at radius 2 is 2.23 bits per heavy atom. The molecule has 0 saturated carbocycles. The highest BCUT2D eigenvalue weighted by Crippen LogP contribution is 1.99. The van der Waals surface area contributed by atoms with Crippen molar-refractivity contribution in [1.82, 2.24) is 15.0 Å². The molecule has 2 heterocycles. The van der Waals surface area contributed by atoms with Crippen molar-refractivity contribution in [2.24, 2.45) is 0 Å². The van der Waals surface area contributed by atoms with Gasteiger partial charge in [0, 0.05) is 0 Å². The minimum absolute atomic E-state index is 0.111. The van der Waals surface area contributed by atoms with E-state index in [1.807, 2.05) is 18.4 Å². The van der Waals surface area contributed by atoms with Crippen molar-refractivity contribution in [3.8, 4) is 0 Å². The summed E-state index contributed by atoms with van der Waals surface area (Å²) in [7, 11) is 0. The lowest BCUT2D eigenvalue weighted by Crippen LogP contribution is -2.38. The molecule has 0 aliphatic carbocycles. The number of hydrogen-bond acceptors (Lipinski definition) is 2. The third kappa shape index (κ3) is 1.12. The Kier molecular flexibility index (Phi) is 1.65. The molecule has 2 aromatic rings. The number of imidazole rings is 1. The molecule has 0 bridgehead atoms. The maximum absolute atomic E-state index is 11.4. The molecule has 0 aromatic carbocycles. The number of aromatic amines is 2. The third-order valence-corrected chi connectivity index (χ3v) is 1.98. The predicted octanol–water partition coefficient (Wildman–Crippen LogP) is 0.120. The Balaban J connectivity index is 2.87. The number of fused-ring (bicyclic) bond motifs is 1. The first-order valence-corrected chi connectivity index (χ1v) is 4.16. The predicted molar refractivity (Wildman–Crippen MR) is 47.3 cm³/mol. The summed E-state index contributed by atoms with van der Waals surface area (Å²) in [5, 5.41) is 0. The van der Waals surface area contributed by atoms with Crippen LogP contribution >= 0.6 is 0 Å². The Bertz CT molecular complexity index is 482. The van der Waals surface area contributed by atoms with E-state index in [-0.39, 0.29) is 11.6 Å². The normalized spacial score (nSPS) is 11.3. The van der Waals surface area contributed by atoms with E-state index < -0.39 is 0 Å². The van der Waals surface area contributed by atoms with E-state index in [9.17, 15) is 4.79 Å². The topological polar surface area (TPSA) is 65.4 Å². The summed E-state index contributed by atoms with van der Waals surface area (Å²) in [6, 6.07) is 0.249. The molecule has 5 nitrogen and oxygen atoms in total. The molecule has 2 rings (SSSR count). The van der Waals surface area contributed by atoms with Crippen molar-refractivity contribution >= 4 is 11.2 Å². The second-order valence-corrected chi connectivity index (χ2v) is 3.20. The van der Waals surface area contributed by atoms with Gasteiger partial charge in [-0.3, -0.25) is 4.79 Å². The Morgan fingerprint density at radius 3 is 2.92 bits per heavy atom. The van der Waals surface area contributed by atoms with Gasteiger partial charge in [-0.15, -0.1) is 0 Å². The van der Waals surface area contributed by atoms with Crippen molar-refractivity contribution in [1.29, 1.82) is 0 Å². The van der Waals surface area contributed by atoms with E-state index in [0.717, 1.165) is 0 Å². The summed E-state index contributed by atoms with van der Waals surface area (Å²) >= 11 is 0. The van der Waals surface area contributed by atoms with Crippen LogP contribution in [0.4, 0.5) is 0 Å². The maximum atomic E-state index is 11.4. The van der Waals surface area contributed by atoms with Crippen molar-refractivity contribution < 1.29 is 4.57 Å². The van der Waals surface area contributed by atoms with Gasteiger partial charge in [0.1, 0.15) is 0 Å². The molecule has 68 valence electrons. The van der Waals surface area contributed by atoms with Crippen LogP contribution in [0.2, 0.25) is 0 Å². The molecule has 2 aromatic heterocycles. The van der Waals surface area contributed by atoms with E-state index in [1.54, 1.807) is 6.33 Å². The molecule has 0 aliphatic rings. The van der Waals surface area contributed by atoms with Gasteiger partial charge in [0.2, 0.25) is 6.33 Å². The van der Waals surface area contributed by atoms with Gasteiger partial charge in [-0.2, -0.15) is 4.98 Å². The lowest BCUT2D eigenvalue weighted by molar-refractivity contribution is -0.691. The Morgan fingerprint density at radius 1 is 1.46 bits per heavy atom. The van der Waals surface area contributed by atoms with Crippen LogP contribution in [0.3, 0.4) is 0 Å². The van der Waals surface area contributed by atoms with E-state index in [1.165, 1.54) is 6.33 Å². The molecule has 0 atom stereocenters. The number of aromatic nitrogens is 4. The first-order chi connectivity index (χ1) is 6.20. The van der Waals surface area contributed by atoms with Crippen molar-refractivity contribution in [2.75, 3.05) is 0 Å². The highest BCUT2D eigenvalue weighted by Gasteiger charge is 2.16. The molecule has 5 heteroatoms. The number of nitrogens with one attached hydrogen (secondary N) is 2.